The molecule has 2 aliphatic heterocycles. The molecular weight excluding hydrogens is 214 g/mol. The monoisotopic (exact) mass is 227 g/mol. The van der Waals surface area contributed by atoms with Crippen LogP contribution in [0.1, 0.15) is 30.9 Å². The maximum atomic E-state index is 11.9. The minimum Gasteiger partial charge on any atom is -0.308 e. The number of fused-ring (bicyclic) bond motifs is 1. The first kappa shape index (κ1) is 10.3. The van der Waals surface area contributed by atoms with Crippen LogP contribution in [-0.4, -0.2) is 16.6 Å². The number of ketones is 1. The van der Waals surface area contributed by atoms with Gasteiger partial charge in [-0.05, 0) is 12.0 Å². The minimum atomic E-state index is -0.0984. The van der Waals surface area contributed by atoms with E-state index in [0.717, 1.165) is 11.3 Å². The molecule has 1 saturated heterocycles. The molecule has 0 aliphatic carbocycles. The number of carbonyl (C=O) groups is 2. The average molecular weight is 227 g/mol. The molecule has 1 aromatic carbocycles. The van der Waals surface area contributed by atoms with Crippen LogP contribution < -0.4 is 0 Å². The lowest BCUT2D eigenvalue weighted by atomic mass is 9.96. The highest BCUT2D eigenvalue weighted by Crippen LogP contribution is 2.38. The molecule has 86 valence electrons. The van der Waals surface area contributed by atoms with Crippen molar-refractivity contribution in [2.45, 2.75) is 25.3 Å². The lowest BCUT2D eigenvalue weighted by Crippen LogP contribution is -2.33. The quantitative estimate of drug-likeness (QED) is 0.737. The first-order valence-corrected chi connectivity index (χ1v) is 5.86. The van der Waals surface area contributed by atoms with Crippen LogP contribution in [0.2, 0.25) is 0 Å². The summed E-state index contributed by atoms with van der Waals surface area (Å²) in [6, 6.07) is 9.69. The number of rotatable bonds is 1. The summed E-state index contributed by atoms with van der Waals surface area (Å²) in [5.41, 5.74) is 1.93. The van der Waals surface area contributed by atoms with Gasteiger partial charge in [0.15, 0.2) is 5.78 Å². The number of hydrogen-bond donors (Lipinski definition) is 0. The third-order valence-corrected chi connectivity index (χ3v) is 3.39. The van der Waals surface area contributed by atoms with Crippen molar-refractivity contribution < 1.29 is 9.59 Å². The molecule has 0 unspecified atom stereocenters. The zero-order valence-electron chi connectivity index (χ0n) is 9.43. The number of hydrogen-bond acceptors (Lipinski definition) is 2. The van der Waals surface area contributed by atoms with E-state index >= 15 is 0 Å². The lowest BCUT2D eigenvalue weighted by molar-refractivity contribution is -0.130. The van der Waals surface area contributed by atoms with Crippen LogP contribution in [0.25, 0.3) is 0 Å². The zero-order chi connectivity index (χ0) is 11.8. The fourth-order valence-electron chi connectivity index (χ4n) is 2.62. The highest BCUT2D eigenvalue weighted by Gasteiger charge is 2.37. The highest BCUT2D eigenvalue weighted by atomic mass is 16.2. The van der Waals surface area contributed by atoms with Gasteiger partial charge < -0.3 is 4.90 Å². The molecule has 3 rings (SSSR count). The van der Waals surface area contributed by atoms with E-state index in [-0.39, 0.29) is 17.7 Å². The smallest absolute Gasteiger partial charge is 0.227 e. The number of allylic oxidation sites excluding steroid dienone is 2. The maximum Gasteiger partial charge on any atom is 0.227 e. The van der Waals surface area contributed by atoms with Crippen molar-refractivity contribution >= 4 is 11.7 Å². The second kappa shape index (κ2) is 3.84. The largest absolute Gasteiger partial charge is 0.308 e. The molecule has 2 heterocycles. The van der Waals surface area contributed by atoms with Gasteiger partial charge in [0, 0.05) is 24.6 Å². The van der Waals surface area contributed by atoms with Gasteiger partial charge in [0.05, 0.1) is 6.04 Å². The van der Waals surface area contributed by atoms with Crippen LogP contribution >= 0.6 is 0 Å². The fraction of sp³-hybridized carbons (Fsp3) is 0.286. The number of benzene rings is 1. The third-order valence-electron chi connectivity index (χ3n) is 3.39. The van der Waals surface area contributed by atoms with E-state index in [1.165, 1.54) is 0 Å². The van der Waals surface area contributed by atoms with Gasteiger partial charge in [0.1, 0.15) is 0 Å². The van der Waals surface area contributed by atoms with Crippen molar-refractivity contribution in [3.63, 3.8) is 0 Å². The Morgan fingerprint density at radius 1 is 1.06 bits per heavy atom. The molecule has 0 radical (unpaired) electrons. The standard InChI is InChI=1S/C14H13NO2/c16-12-8-11-6-7-14(17)15(11)13(9-12)10-4-2-1-3-5-10/h1-5,8,13H,6-7,9H2/t13-/m0/s1. The van der Waals surface area contributed by atoms with Gasteiger partial charge in [0.25, 0.3) is 0 Å². The summed E-state index contributed by atoms with van der Waals surface area (Å²) < 4.78 is 0. The van der Waals surface area contributed by atoms with Crippen molar-refractivity contribution in [3.8, 4) is 0 Å². The zero-order valence-corrected chi connectivity index (χ0v) is 9.43. The molecule has 3 nitrogen and oxygen atoms in total. The van der Waals surface area contributed by atoms with Crippen molar-refractivity contribution in [1.29, 1.82) is 0 Å². The molecule has 2 aliphatic rings. The lowest BCUT2D eigenvalue weighted by Gasteiger charge is -2.32. The van der Waals surface area contributed by atoms with E-state index in [4.69, 9.17) is 0 Å². The summed E-state index contributed by atoms with van der Waals surface area (Å²) in [6.07, 6.45) is 3.26. The topological polar surface area (TPSA) is 37.4 Å². The molecule has 17 heavy (non-hydrogen) atoms. The molecule has 1 aromatic rings. The Bertz CT molecular complexity index is 504. The maximum absolute atomic E-state index is 11.9. The molecular formula is C14H13NO2. The van der Waals surface area contributed by atoms with Gasteiger partial charge >= 0.3 is 0 Å². The Kier molecular flexibility index (Phi) is 2.32. The van der Waals surface area contributed by atoms with E-state index in [1.54, 1.807) is 11.0 Å². The van der Waals surface area contributed by atoms with E-state index in [0.29, 0.717) is 19.3 Å². The van der Waals surface area contributed by atoms with Crippen LogP contribution in [0, 0.1) is 0 Å². The van der Waals surface area contributed by atoms with Crippen LogP contribution in [0.15, 0.2) is 42.1 Å². The summed E-state index contributed by atoms with van der Waals surface area (Å²) in [6.45, 7) is 0. The normalized spacial score (nSPS) is 23.6. The molecule has 1 atom stereocenters. The Morgan fingerprint density at radius 3 is 2.59 bits per heavy atom. The summed E-state index contributed by atoms with van der Waals surface area (Å²) in [7, 11) is 0. The predicted molar refractivity (Wildman–Crippen MR) is 63.0 cm³/mol. The summed E-state index contributed by atoms with van der Waals surface area (Å²) in [5.74, 6) is 0.261. The average Bonchev–Trinajstić information content (AvgIpc) is 2.71. The minimum absolute atomic E-state index is 0.0984. The first-order chi connectivity index (χ1) is 8.25. The Labute approximate surface area is 99.7 Å². The van der Waals surface area contributed by atoms with Gasteiger partial charge in [-0.25, -0.2) is 0 Å². The van der Waals surface area contributed by atoms with Crippen molar-refractivity contribution in [1.82, 2.24) is 4.90 Å². The van der Waals surface area contributed by atoms with Gasteiger partial charge in [-0.1, -0.05) is 30.3 Å². The van der Waals surface area contributed by atoms with E-state index < -0.39 is 0 Å². The predicted octanol–water partition coefficient (Wildman–Crippen LogP) is 2.21. The number of nitrogens with zero attached hydrogens (tertiary/aromatic N) is 1. The molecule has 1 amide bonds. The van der Waals surface area contributed by atoms with E-state index in [9.17, 15) is 9.59 Å². The molecule has 3 heteroatoms. The molecule has 0 saturated carbocycles. The van der Waals surface area contributed by atoms with Crippen molar-refractivity contribution in [3.05, 3.63) is 47.7 Å². The first-order valence-electron chi connectivity index (χ1n) is 5.86. The van der Waals surface area contributed by atoms with Gasteiger partial charge in [-0.15, -0.1) is 0 Å². The van der Waals surface area contributed by atoms with Crippen LogP contribution in [0.4, 0.5) is 0 Å². The second-order valence-electron chi connectivity index (χ2n) is 4.50. The van der Waals surface area contributed by atoms with Crippen LogP contribution in [0.5, 0.6) is 0 Å². The highest BCUT2D eigenvalue weighted by molar-refractivity contribution is 5.95. The third kappa shape index (κ3) is 1.68. The fourth-order valence-corrected chi connectivity index (χ4v) is 2.62. The van der Waals surface area contributed by atoms with Crippen LogP contribution in [0.3, 0.4) is 0 Å². The molecule has 1 fully saturated rings. The van der Waals surface area contributed by atoms with Crippen LogP contribution in [-0.2, 0) is 9.59 Å². The molecule has 0 aromatic heterocycles. The summed E-state index contributed by atoms with van der Waals surface area (Å²) in [4.78, 5) is 25.4. The summed E-state index contributed by atoms with van der Waals surface area (Å²) >= 11 is 0. The van der Waals surface area contributed by atoms with Gasteiger partial charge in [-0.3, -0.25) is 9.59 Å². The summed E-state index contributed by atoms with van der Waals surface area (Å²) in [5, 5.41) is 0. The van der Waals surface area contributed by atoms with Crippen molar-refractivity contribution in [2.75, 3.05) is 0 Å². The molecule has 0 bridgehead atoms. The second-order valence-corrected chi connectivity index (χ2v) is 4.50. The van der Waals surface area contributed by atoms with Gasteiger partial charge in [-0.2, -0.15) is 0 Å². The molecule has 0 N–H and O–H groups in total. The Balaban J connectivity index is 2.03. The van der Waals surface area contributed by atoms with Gasteiger partial charge in [0.2, 0.25) is 5.91 Å². The van der Waals surface area contributed by atoms with Crippen molar-refractivity contribution in [2.24, 2.45) is 0 Å². The Morgan fingerprint density at radius 2 is 1.82 bits per heavy atom. The number of carbonyl (C=O) groups excluding carboxylic acids is 2. The Hall–Kier alpha value is -1.90. The number of amides is 1. The SMILES string of the molecule is O=C1C=C2CCC(=O)N2[C@H](c2ccccc2)C1. The van der Waals surface area contributed by atoms with E-state index in [2.05, 4.69) is 0 Å². The van der Waals surface area contributed by atoms with E-state index in [1.807, 2.05) is 30.3 Å². The molecule has 0 spiro atoms.